The van der Waals surface area contributed by atoms with Gasteiger partial charge in [-0.3, -0.25) is 0 Å². The minimum Gasteiger partial charge on any atom is -0.467 e. The van der Waals surface area contributed by atoms with E-state index in [1.54, 1.807) is 0 Å². The Hall–Kier alpha value is -2.21. The Kier molecular flexibility index (Phi) is 3.85. The van der Waals surface area contributed by atoms with Crippen molar-refractivity contribution >= 4 is 0 Å². The quantitative estimate of drug-likeness (QED) is 0.914. The lowest BCUT2D eigenvalue weighted by Crippen LogP contribution is -2.29. The molecule has 0 aliphatic rings. The second kappa shape index (κ2) is 5.42. The molecule has 106 valence electrons. The van der Waals surface area contributed by atoms with Crippen molar-refractivity contribution < 1.29 is 9.47 Å². The van der Waals surface area contributed by atoms with Crippen molar-refractivity contribution in [3.05, 3.63) is 29.8 Å². The van der Waals surface area contributed by atoms with Crippen LogP contribution in [0.15, 0.2) is 24.3 Å². The Bertz CT molecular complexity index is 586. The van der Waals surface area contributed by atoms with E-state index >= 15 is 0 Å². The minimum absolute atomic E-state index is 0.205. The number of methoxy groups -OCH3 is 2. The van der Waals surface area contributed by atoms with Gasteiger partial charge < -0.3 is 15.2 Å². The molecule has 0 saturated carbocycles. The maximum absolute atomic E-state index is 6.20. The van der Waals surface area contributed by atoms with Crippen molar-refractivity contribution in [2.45, 2.75) is 19.4 Å². The molecule has 1 aromatic heterocycles. The normalized spacial score (nSPS) is 11.2. The molecule has 0 aliphatic heterocycles. The Morgan fingerprint density at radius 2 is 1.50 bits per heavy atom. The predicted molar refractivity (Wildman–Crippen MR) is 75.6 cm³/mol. The summed E-state index contributed by atoms with van der Waals surface area (Å²) in [4.78, 5) is 12.5. The van der Waals surface area contributed by atoms with Gasteiger partial charge in [0.15, 0.2) is 5.82 Å². The third-order valence-electron chi connectivity index (χ3n) is 2.82. The maximum atomic E-state index is 6.20. The Labute approximate surface area is 118 Å². The number of hydrogen-bond acceptors (Lipinski definition) is 6. The molecule has 1 aromatic carbocycles. The Morgan fingerprint density at radius 1 is 0.950 bits per heavy atom. The van der Waals surface area contributed by atoms with Crippen molar-refractivity contribution in [3.8, 4) is 23.4 Å². The van der Waals surface area contributed by atoms with E-state index in [9.17, 15) is 0 Å². The van der Waals surface area contributed by atoms with Gasteiger partial charge in [-0.15, -0.1) is 4.98 Å². The topological polar surface area (TPSA) is 83.2 Å². The summed E-state index contributed by atoms with van der Waals surface area (Å²) in [6.45, 7) is 3.86. The van der Waals surface area contributed by atoms with Crippen molar-refractivity contribution in [1.82, 2.24) is 15.0 Å². The van der Waals surface area contributed by atoms with E-state index in [-0.39, 0.29) is 12.0 Å². The van der Waals surface area contributed by atoms with Gasteiger partial charge in [-0.1, -0.05) is 24.3 Å². The molecule has 0 atom stereocenters. The largest absolute Gasteiger partial charge is 0.467 e. The average Bonchev–Trinajstić information content (AvgIpc) is 2.45. The fourth-order valence-electron chi connectivity index (χ4n) is 1.88. The third-order valence-corrected chi connectivity index (χ3v) is 2.82. The summed E-state index contributed by atoms with van der Waals surface area (Å²) in [5, 5.41) is 0. The second-order valence-electron chi connectivity index (χ2n) is 4.90. The van der Waals surface area contributed by atoms with Gasteiger partial charge in [0.05, 0.1) is 14.2 Å². The lowest BCUT2D eigenvalue weighted by Gasteiger charge is -2.22. The molecule has 6 heteroatoms. The first-order valence-electron chi connectivity index (χ1n) is 6.18. The molecular formula is C14H18N4O2. The van der Waals surface area contributed by atoms with Crippen molar-refractivity contribution in [3.63, 3.8) is 0 Å². The van der Waals surface area contributed by atoms with E-state index < -0.39 is 5.54 Å². The molecule has 0 unspecified atom stereocenters. The number of aromatic nitrogens is 3. The van der Waals surface area contributed by atoms with E-state index in [2.05, 4.69) is 15.0 Å². The molecule has 0 aliphatic carbocycles. The zero-order chi connectivity index (χ0) is 14.8. The van der Waals surface area contributed by atoms with Gasteiger partial charge in [0.25, 0.3) is 0 Å². The highest BCUT2D eigenvalue weighted by Crippen LogP contribution is 2.29. The number of nitrogens with zero attached hydrogens (tertiary/aromatic N) is 3. The van der Waals surface area contributed by atoms with E-state index in [1.807, 2.05) is 38.1 Å². The molecule has 0 bridgehead atoms. The van der Waals surface area contributed by atoms with Crippen LogP contribution in [0.3, 0.4) is 0 Å². The monoisotopic (exact) mass is 274 g/mol. The standard InChI is InChI=1S/C14H18N4O2/c1-14(2,15)10-8-6-5-7-9(10)11-16-12(19-3)18-13(17-11)20-4/h5-8H,15H2,1-4H3. The van der Waals surface area contributed by atoms with E-state index in [1.165, 1.54) is 14.2 Å². The number of ether oxygens (including phenoxy) is 2. The van der Waals surface area contributed by atoms with Crippen LogP contribution in [0.4, 0.5) is 0 Å². The first-order chi connectivity index (χ1) is 9.45. The van der Waals surface area contributed by atoms with E-state index in [4.69, 9.17) is 15.2 Å². The van der Waals surface area contributed by atoms with Crippen LogP contribution in [0.1, 0.15) is 19.4 Å². The van der Waals surface area contributed by atoms with Crippen LogP contribution in [0.25, 0.3) is 11.4 Å². The van der Waals surface area contributed by atoms with Crippen LogP contribution in [-0.2, 0) is 5.54 Å². The third kappa shape index (κ3) is 2.85. The summed E-state index contributed by atoms with van der Waals surface area (Å²) < 4.78 is 10.1. The zero-order valence-corrected chi connectivity index (χ0v) is 12.0. The molecule has 1 heterocycles. The minimum atomic E-state index is -0.510. The summed E-state index contributed by atoms with van der Waals surface area (Å²) >= 11 is 0. The van der Waals surface area contributed by atoms with Gasteiger partial charge in [-0.25, -0.2) is 0 Å². The predicted octanol–water partition coefficient (Wildman–Crippen LogP) is 1.75. The highest BCUT2D eigenvalue weighted by Gasteiger charge is 2.21. The average molecular weight is 274 g/mol. The second-order valence-corrected chi connectivity index (χ2v) is 4.90. The zero-order valence-electron chi connectivity index (χ0n) is 12.0. The highest BCUT2D eigenvalue weighted by atomic mass is 16.5. The van der Waals surface area contributed by atoms with Crippen LogP contribution in [0.2, 0.25) is 0 Å². The summed E-state index contributed by atoms with van der Waals surface area (Å²) in [6.07, 6.45) is 0. The van der Waals surface area contributed by atoms with Crippen LogP contribution < -0.4 is 15.2 Å². The molecule has 0 saturated heterocycles. The van der Waals surface area contributed by atoms with Crippen LogP contribution in [0.5, 0.6) is 12.0 Å². The molecule has 6 nitrogen and oxygen atoms in total. The van der Waals surface area contributed by atoms with Gasteiger partial charge in [-0.2, -0.15) is 9.97 Å². The lowest BCUT2D eigenvalue weighted by molar-refractivity contribution is 0.341. The van der Waals surface area contributed by atoms with Crippen molar-refractivity contribution in [2.75, 3.05) is 14.2 Å². The summed E-state index contributed by atoms with van der Waals surface area (Å²) in [7, 11) is 2.99. The molecule has 0 radical (unpaired) electrons. The fourth-order valence-corrected chi connectivity index (χ4v) is 1.88. The summed E-state index contributed by atoms with van der Waals surface area (Å²) in [6, 6.07) is 8.13. The summed E-state index contributed by atoms with van der Waals surface area (Å²) in [5.74, 6) is 0.475. The first kappa shape index (κ1) is 14.2. The number of benzene rings is 1. The van der Waals surface area contributed by atoms with Crippen molar-refractivity contribution in [2.24, 2.45) is 5.73 Å². The molecule has 2 rings (SSSR count). The molecule has 0 fully saturated rings. The first-order valence-corrected chi connectivity index (χ1v) is 6.18. The molecule has 20 heavy (non-hydrogen) atoms. The lowest BCUT2D eigenvalue weighted by atomic mass is 9.90. The van der Waals surface area contributed by atoms with Gasteiger partial charge in [0.1, 0.15) is 0 Å². The Balaban J connectivity index is 2.62. The smallest absolute Gasteiger partial charge is 0.322 e. The maximum Gasteiger partial charge on any atom is 0.322 e. The van der Waals surface area contributed by atoms with Gasteiger partial charge in [0, 0.05) is 11.1 Å². The highest BCUT2D eigenvalue weighted by molar-refractivity contribution is 5.62. The van der Waals surface area contributed by atoms with Gasteiger partial charge >= 0.3 is 12.0 Å². The Morgan fingerprint density at radius 3 is 2.00 bits per heavy atom. The fraction of sp³-hybridized carbons (Fsp3) is 0.357. The number of rotatable bonds is 4. The van der Waals surface area contributed by atoms with Crippen LogP contribution in [-0.4, -0.2) is 29.2 Å². The van der Waals surface area contributed by atoms with Crippen LogP contribution >= 0.6 is 0 Å². The SMILES string of the molecule is COc1nc(OC)nc(-c2ccccc2C(C)(C)N)n1. The van der Waals surface area contributed by atoms with E-state index in [0.29, 0.717) is 5.82 Å². The van der Waals surface area contributed by atoms with Crippen LogP contribution in [0, 0.1) is 0 Å². The summed E-state index contributed by atoms with van der Waals surface area (Å²) in [5.41, 5.74) is 7.46. The molecular weight excluding hydrogens is 256 g/mol. The van der Waals surface area contributed by atoms with Gasteiger partial charge in [-0.05, 0) is 19.4 Å². The molecule has 2 N–H and O–H groups in total. The number of hydrogen-bond donors (Lipinski definition) is 1. The van der Waals surface area contributed by atoms with E-state index in [0.717, 1.165) is 11.1 Å². The molecule has 0 spiro atoms. The molecule has 0 amide bonds. The van der Waals surface area contributed by atoms with Crippen molar-refractivity contribution in [1.29, 1.82) is 0 Å². The van der Waals surface area contributed by atoms with Gasteiger partial charge in [0.2, 0.25) is 0 Å². The number of nitrogens with two attached hydrogens (primary N) is 1. The molecule has 2 aromatic rings.